The summed E-state index contributed by atoms with van der Waals surface area (Å²) in [6, 6.07) is 1.84. The summed E-state index contributed by atoms with van der Waals surface area (Å²) in [5.74, 6) is 0.702. The van der Waals surface area contributed by atoms with Crippen LogP contribution in [0.3, 0.4) is 0 Å². The quantitative estimate of drug-likeness (QED) is 0.586. The summed E-state index contributed by atoms with van der Waals surface area (Å²) in [6.45, 7) is 4.04. The van der Waals surface area contributed by atoms with Crippen molar-refractivity contribution in [2.24, 2.45) is 4.99 Å². The number of benzene rings is 1. The predicted octanol–water partition coefficient (Wildman–Crippen LogP) is 2.80. The minimum Gasteiger partial charge on any atom is -0.496 e. The van der Waals surface area contributed by atoms with Gasteiger partial charge in [-0.3, -0.25) is 0 Å². The molecule has 0 aromatic heterocycles. The molecule has 4 heteroatoms. The summed E-state index contributed by atoms with van der Waals surface area (Å²) in [6.07, 6.45) is 1.51. The molecule has 0 saturated carbocycles. The number of halogens is 1. The van der Waals surface area contributed by atoms with Crippen molar-refractivity contribution in [1.29, 1.82) is 0 Å². The van der Waals surface area contributed by atoms with Crippen LogP contribution in [0.2, 0.25) is 5.02 Å². The van der Waals surface area contributed by atoms with Gasteiger partial charge in [0.15, 0.2) is 0 Å². The molecule has 0 bridgehead atoms. The average Bonchev–Trinajstić information content (AvgIpc) is 2.24. The summed E-state index contributed by atoms with van der Waals surface area (Å²) in [7, 11) is 1.58. The number of isocyanates is 1. The minimum absolute atomic E-state index is 0.249. The van der Waals surface area contributed by atoms with Crippen LogP contribution in [0.1, 0.15) is 16.7 Å². The Labute approximate surface area is 93.7 Å². The molecule has 0 aliphatic carbocycles. The van der Waals surface area contributed by atoms with Gasteiger partial charge in [-0.05, 0) is 31.0 Å². The Bertz CT molecular complexity index is 423. The molecule has 80 valence electrons. The van der Waals surface area contributed by atoms with Gasteiger partial charge in [0.2, 0.25) is 6.08 Å². The summed E-state index contributed by atoms with van der Waals surface area (Å²) < 4.78 is 5.21. The summed E-state index contributed by atoms with van der Waals surface area (Å²) in [4.78, 5) is 13.6. The van der Waals surface area contributed by atoms with E-state index in [9.17, 15) is 4.79 Å². The fourth-order valence-corrected chi connectivity index (χ4v) is 1.62. The van der Waals surface area contributed by atoms with E-state index in [1.54, 1.807) is 7.11 Å². The Morgan fingerprint density at radius 3 is 2.73 bits per heavy atom. The van der Waals surface area contributed by atoms with Crippen LogP contribution in [0, 0.1) is 13.8 Å². The van der Waals surface area contributed by atoms with Gasteiger partial charge < -0.3 is 4.74 Å². The number of ether oxygens (including phenoxy) is 1. The number of carbonyl (C=O) groups excluding carboxylic acids is 1. The third kappa shape index (κ3) is 2.38. The lowest BCUT2D eigenvalue weighted by Gasteiger charge is -2.12. The molecule has 0 saturated heterocycles. The molecule has 0 heterocycles. The monoisotopic (exact) mass is 225 g/mol. The molecule has 0 N–H and O–H groups in total. The Balaban J connectivity index is 3.32. The van der Waals surface area contributed by atoms with Crippen LogP contribution < -0.4 is 4.74 Å². The van der Waals surface area contributed by atoms with E-state index >= 15 is 0 Å². The number of nitrogens with zero attached hydrogens (tertiary/aromatic N) is 1. The first kappa shape index (κ1) is 11.8. The average molecular weight is 226 g/mol. The van der Waals surface area contributed by atoms with Gasteiger partial charge >= 0.3 is 0 Å². The van der Waals surface area contributed by atoms with Crippen LogP contribution in [-0.4, -0.2) is 13.2 Å². The maximum atomic E-state index is 10.1. The topological polar surface area (TPSA) is 38.7 Å². The summed E-state index contributed by atoms with van der Waals surface area (Å²) >= 11 is 6.09. The lowest BCUT2D eigenvalue weighted by Crippen LogP contribution is -1.97. The molecule has 0 aliphatic heterocycles. The SMILES string of the molecule is COc1cc(C)c(Cl)c(C)c1CN=C=O. The first-order valence-corrected chi connectivity index (χ1v) is 4.85. The van der Waals surface area contributed by atoms with E-state index in [0.29, 0.717) is 10.8 Å². The largest absolute Gasteiger partial charge is 0.496 e. The zero-order valence-corrected chi connectivity index (χ0v) is 9.68. The van der Waals surface area contributed by atoms with Gasteiger partial charge in [-0.25, -0.2) is 9.79 Å². The second kappa shape index (κ2) is 4.96. The lowest BCUT2D eigenvalue weighted by atomic mass is 10.0. The number of aryl methyl sites for hydroxylation is 1. The summed E-state index contributed by atoms with van der Waals surface area (Å²) in [5.41, 5.74) is 2.67. The molecule has 0 atom stereocenters. The highest BCUT2D eigenvalue weighted by Gasteiger charge is 2.11. The summed E-state index contributed by atoms with van der Waals surface area (Å²) in [5, 5.41) is 0.687. The molecular formula is C11H12ClNO2. The minimum atomic E-state index is 0.249. The van der Waals surface area contributed by atoms with Crippen molar-refractivity contribution in [1.82, 2.24) is 0 Å². The van der Waals surface area contributed by atoms with Gasteiger partial charge in [-0.15, -0.1) is 0 Å². The maximum Gasteiger partial charge on any atom is 0.235 e. The second-order valence-corrected chi connectivity index (χ2v) is 3.60. The zero-order chi connectivity index (χ0) is 11.4. The Hall–Kier alpha value is -1.31. The van der Waals surface area contributed by atoms with Gasteiger partial charge in [0.25, 0.3) is 0 Å². The first-order chi connectivity index (χ1) is 7.11. The Morgan fingerprint density at radius 1 is 1.53 bits per heavy atom. The number of methoxy groups -OCH3 is 1. The van der Waals surface area contributed by atoms with Crippen LogP contribution in [-0.2, 0) is 11.3 Å². The molecule has 3 nitrogen and oxygen atoms in total. The van der Waals surface area contributed by atoms with E-state index in [-0.39, 0.29) is 6.54 Å². The molecule has 1 rings (SSSR count). The van der Waals surface area contributed by atoms with E-state index in [4.69, 9.17) is 16.3 Å². The third-order valence-electron chi connectivity index (χ3n) is 2.29. The molecule has 0 spiro atoms. The van der Waals surface area contributed by atoms with Crippen molar-refractivity contribution < 1.29 is 9.53 Å². The van der Waals surface area contributed by atoms with Crippen molar-refractivity contribution in [2.45, 2.75) is 20.4 Å². The van der Waals surface area contributed by atoms with Crippen molar-refractivity contribution in [3.8, 4) is 5.75 Å². The van der Waals surface area contributed by atoms with Gasteiger partial charge in [-0.1, -0.05) is 11.6 Å². The Kier molecular flexibility index (Phi) is 3.89. The molecule has 0 unspecified atom stereocenters. The third-order valence-corrected chi connectivity index (χ3v) is 2.88. The van der Waals surface area contributed by atoms with Crippen LogP contribution >= 0.6 is 11.6 Å². The second-order valence-electron chi connectivity index (χ2n) is 3.22. The van der Waals surface area contributed by atoms with Crippen molar-refractivity contribution in [2.75, 3.05) is 7.11 Å². The van der Waals surface area contributed by atoms with Crippen molar-refractivity contribution in [3.05, 3.63) is 27.8 Å². The molecule has 1 aromatic rings. The highest BCUT2D eigenvalue weighted by Crippen LogP contribution is 2.31. The van der Waals surface area contributed by atoms with Crippen LogP contribution in [0.4, 0.5) is 0 Å². The standard InChI is InChI=1S/C11H12ClNO2/c1-7-4-10(15-3)9(5-13-6-14)8(2)11(7)12/h4H,5H2,1-3H3. The molecule has 15 heavy (non-hydrogen) atoms. The number of hydrogen-bond acceptors (Lipinski definition) is 3. The van der Waals surface area contributed by atoms with E-state index in [0.717, 1.165) is 16.7 Å². The molecule has 0 fully saturated rings. The van der Waals surface area contributed by atoms with E-state index in [1.165, 1.54) is 6.08 Å². The van der Waals surface area contributed by atoms with E-state index < -0.39 is 0 Å². The molecule has 0 amide bonds. The smallest absolute Gasteiger partial charge is 0.235 e. The van der Waals surface area contributed by atoms with Gasteiger partial charge in [-0.2, -0.15) is 0 Å². The lowest BCUT2D eigenvalue weighted by molar-refractivity contribution is 0.409. The van der Waals surface area contributed by atoms with Crippen molar-refractivity contribution in [3.63, 3.8) is 0 Å². The van der Waals surface area contributed by atoms with Gasteiger partial charge in [0.05, 0.1) is 13.7 Å². The number of hydrogen-bond donors (Lipinski definition) is 0. The first-order valence-electron chi connectivity index (χ1n) is 4.48. The van der Waals surface area contributed by atoms with Crippen LogP contribution in [0.5, 0.6) is 5.75 Å². The predicted molar refractivity (Wildman–Crippen MR) is 59.3 cm³/mol. The van der Waals surface area contributed by atoms with E-state index in [1.807, 2.05) is 19.9 Å². The fourth-order valence-electron chi connectivity index (χ4n) is 1.45. The fraction of sp³-hybridized carbons (Fsp3) is 0.364. The zero-order valence-electron chi connectivity index (χ0n) is 8.93. The van der Waals surface area contributed by atoms with Crippen molar-refractivity contribution >= 4 is 17.7 Å². The molecular weight excluding hydrogens is 214 g/mol. The van der Waals surface area contributed by atoms with Crippen LogP contribution in [0.25, 0.3) is 0 Å². The number of aliphatic imine (C=N–C) groups is 1. The Morgan fingerprint density at radius 2 is 2.20 bits per heavy atom. The van der Waals surface area contributed by atoms with Crippen LogP contribution in [0.15, 0.2) is 11.1 Å². The molecule has 1 aromatic carbocycles. The highest BCUT2D eigenvalue weighted by atomic mass is 35.5. The van der Waals surface area contributed by atoms with Gasteiger partial charge in [0.1, 0.15) is 5.75 Å². The maximum absolute atomic E-state index is 10.1. The molecule has 0 aliphatic rings. The van der Waals surface area contributed by atoms with Gasteiger partial charge in [0, 0.05) is 10.6 Å². The molecule has 0 radical (unpaired) electrons. The normalized spacial score (nSPS) is 9.60. The van der Waals surface area contributed by atoms with E-state index in [2.05, 4.69) is 4.99 Å². The highest BCUT2D eigenvalue weighted by molar-refractivity contribution is 6.32. The number of rotatable bonds is 3.